The molecule has 4 atom stereocenters. The first-order valence-corrected chi connectivity index (χ1v) is 16.4. The number of benzene rings is 2. The van der Waals surface area contributed by atoms with Gasteiger partial charge in [-0.25, -0.2) is 4.98 Å². The van der Waals surface area contributed by atoms with Gasteiger partial charge < -0.3 is 8.99 Å². The van der Waals surface area contributed by atoms with Crippen LogP contribution in [0.2, 0.25) is 5.04 Å². The lowest BCUT2D eigenvalue weighted by molar-refractivity contribution is 0.173. The van der Waals surface area contributed by atoms with Crippen molar-refractivity contribution in [2.24, 2.45) is 11.8 Å². The fraction of sp³-hybridized carbons (Fsp3) is 0.464. The SMILES string of the molecule is CC(C)c1nc(I)c(I)n1[C@H]1[C@@H]2CC(O[Si](c3ccccc3)(c3ccccc3)C(C)(C)C)C[C@@H]21. The van der Waals surface area contributed by atoms with Gasteiger partial charge in [0.1, 0.15) is 13.2 Å². The van der Waals surface area contributed by atoms with Gasteiger partial charge in [-0.05, 0) is 85.3 Å². The molecule has 1 aromatic heterocycles. The number of imidazole rings is 1. The van der Waals surface area contributed by atoms with Crippen LogP contribution in [-0.2, 0) is 4.43 Å². The summed E-state index contributed by atoms with van der Waals surface area (Å²) in [4.78, 5) is 4.91. The van der Waals surface area contributed by atoms with E-state index in [1.54, 1.807) is 0 Å². The number of hydrogen-bond donors (Lipinski definition) is 0. The van der Waals surface area contributed by atoms with Crippen molar-refractivity contribution in [3.05, 3.63) is 73.9 Å². The van der Waals surface area contributed by atoms with Crippen molar-refractivity contribution in [1.82, 2.24) is 9.55 Å². The standard InChI is InChI=1S/C28H34I2N2OSi/c1-18(2)27-31-25(29)26(30)32(27)24-22-16-19(17-23(22)24)33-34(28(3,4)5,20-12-8-6-9-13-20)21-14-10-7-11-15-21/h6-15,18-19,22-24H,16-17H2,1-5H3/t19?,22-,23+,24+. The van der Waals surface area contributed by atoms with Gasteiger partial charge in [0.15, 0.2) is 0 Å². The Labute approximate surface area is 232 Å². The first kappa shape index (κ1) is 25.0. The van der Waals surface area contributed by atoms with Gasteiger partial charge in [0.25, 0.3) is 8.32 Å². The highest BCUT2D eigenvalue weighted by atomic mass is 127. The monoisotopic (exact) mass is 696 g/mol. The maximum absolute atomic E-state index is 7.44. The molecule has 34 heavy (non-hydrogen) atoms. The van der Waals surface area contributed by atoms with Crippen molar-refractivity contribution in [3.8, 4) is 0 Å². The van der Waals surface area contributed by atoms with Crippen molar-refractivity contribution in [3.63, 3.8) is 0 Å². The number of rotatable bonds is 6. The van der Waals surface area contributed by atoms with E-state index in [2.05, 4.69) is 145 Å². The predicted molar refractivity (Wildman–Crippen MR) is 159 cm³/mol. The largest absolute Gasteiger partial charge is 0.404 e. The van der Waals surface area contributed by atoms with Crippen LogP contribution < -0.4 is 10.4 Å². The molecule has 5 rings (SSSR count). The minimum absolute atomic E-state index is 0.0303. The Balaban J connectivity index is 1.45. The molecule has 0 aliphatic heterocycles. The van der Waals surface area contributed by atoms with Crippen molar-refractivity contribution < 1.29 is 4.43 Å². The van der Waals surface area contributed by atoms with Crippen LogP contribution in [0.3, 0.4) is 0 Å². The highest BCUT2D eigenvalue weighted by molar-refractivity contribution is 14.1. The van der Waals surface area contributed by atoms with E-state index in [1.165, 1.54) is 19.9 Å². The highest BCUT2D eigenvalue weighted by Crippen LogP contribution is 2.63. The molecule has 3 aromatic rings. The molecule has 2 aliphatic carbocycles. The lowest BCUT2D eigenvalue weighted by atomic mass is 10.1. The first-order valence-electron chi connectivity index (χ1n) is 12.4. The van der Waals surface area contributed by atoms with E-state index in [0.29, 0.717) is 29.9 Å². The normalized spacial score (nSPS) is 24.5. The maximum Gasteiger partial charge on any atom is 0.261 e. The van der Waals surface area contributed by atoms with Crippen molar-refractivity contribution in [2.75, 3.05) is 0 Å². The van der Waals surface area contributed by atoms with Crippen LogP contribution >= 0.6 is 45.2 Å². The Morgan fingerprint density at radius 3 is 1.85 bits per heavy atom. The summed E-state index contributed by atoms with van der Waals surface area (Å²) in [6.07, 6.45) is 2.63. The van der Waals surface area contributed by atoms with Gasteiger partial charge in [0, 0.05) is 18.1 Å². The summed E-state index contributed by atoms with van der Waals surface area (Å²) in [6.45, 7) is 11.7. The second-order valence-corrected chi connectivity index (χ2v) is 17.6. The molecule has 0 saturated heterocycles. The molecule has 0 radical (unpaired) electrons. The zero-order valence-corrected chi connectivity index (χ0v) is 25.9. The van der Waals surface area contributed by atoms with Crippen LogP contribution in [0.1, 0.15) is 65.2 Å². The number of hydrogen-bond acceptors (Lipinski definition) is 2. The molecule has 1 unspecified atom stereocenters. The third-order valence-electron chi connectivity index (χ3n) is 7.77. The van der Waals surface area contributed by atoms with Gasteiger partial charge >= 0.3 is 0 Å². The zero-order chi connectivity index (χ0) is 24.3. The molecule has 0 amide bonds. The van der Waals surface area contributed by atoms with Crippen molar-refractivity contribution in [1.29, 1.82) is 0 Å². The zero-order valence-electron chi connectivity index (χ0n) is 20.6. The summed E-state index contributed by atoms with van der Waals surface area (Å²) in [7, 11) is -2.48. The smallest absolute Gasteiger partial charge is 0.261 e. The van der Waals surface area contributed by atoms with Crippen LogP contribution in [-0.4, -0.2) is 24.0 Å². The summed E-state index contributed by atoms with van der Waals surface area (Å²) in [6, 6.07) is 22.7. The first-order chi connectivity index (χ1) is 16.1. The molecular formula is C28H34I2N2OSi. The van der Waals surface area contributed by atoms with E-state index < -0.39 is 8.32 Å². The van der Waals surface area contributed by atoms with Crippen molar-refractivity contribution in [2.45, 2.75) is 70.6 Å². The van der Waals surface area contributed by atoms with E-state index in [-0.39, 0.29) is 5.04 Å². The Hall–Kier alpha value is -0.713. The van der Waals surface area contributed by atoms with Gasteiger partial charge in [-0.1, -0.05) is 95.3 Å². The van der Waals surface area contributed by atoms with Crippen molar-refractivity contribution >= 4 is 63.9 Å². The maximum atomic E-state index is 7.44. The summed E-state index contributed by atoms with van der Waals surface area (Å²) >= 11 is 4.89. The van der Waals surface area contributed by atoms with Gasteiger partial charge in [-0.2, -0.15) is 0 Å². The summed E-state index contributed by atoms with van der Waals surface area (Å²) in [5, 5.41) is 2.79. The lowest BCUT2D eigenvalue weighted by Crippen LogP contribution is -2.67. The molecule has 1 heterocycles. The molecule has 2 fully saturated rings. The molecule has 3 nitrogen and oxygen atoms in total. The number of halogens is 2. The molecule has 0 spiro atoms. The summed E-state index contributed by atoms with van der Waals surface area (Å²) in [5.41, 5.74) is 0. The molecule has 2 aromatic carbocycles. The second-order valence-electron chi connectivity index (χ2n) is 11.3. The molecular weight excluding hydrogens is 662 g/mol. The minimum atomic E-state index is -2.48. The molecule has 6 heteroatoms. The lowest BCUT2D eigenvalue weighted by Gasteiger charge is -2.45. The minimum Gasteiger partial charge on any atom is -0.404 e. The number of nitrogens with zero attached hydrogens (tertiary/aromatic N) is 2. The van der Waals surface area contributed by atoms with Gasteiger partial charge in [-0.3, -0.25) is 0 Å². The Morgan fingerprint density at radius 1 is 0.912 bits per heavy atom. The average molecular weight is 696 g/mol. The molecule has 180 valence electrons. The quantitative estimate of drug-likeness (QED) is 0.211. The van der Waals surface area contributed by atoms with Crippen LogP contribution in [0, 0.1) is 19.2 Å². The van der Waals surface area contributed by atoms with Gasteiger partial charge in [0.05, 0.1) is 0 Å². The van der Waals surface area contributed by atoms with Gasteiger partial charge in [0.2, 0.25) is 0 Å². The summed E-state index contributed by atoms with van der Waals surface area (Å²) < 4.78 is 12.5. The third kappa shape index (κ3) is 4.14. The molecule has 2 saturated carbocycles. The number of fused-ring (bicyclic) bond motifs is 1. The van der Waals surface area contributed by atoms with E-state index in [4.69, 9.17) is 9.41 Å². The van der Waals surface area contributed by atoms with E-state index in [1.807, 2.05) is 0 Å². The fourth-order valence-electron chi connectivity index (χ4n) is 6.27. The van der Waals surface area contributed by atoms with Gasteiger partial charge in [-0.15, -0.1) is 0 Å². The van der Waals surface area contributed by atoms with Crippen LogP contribution in [0.25, 0.3) is 0 Å². The summed E-state index contributed by atoms with van der Waals surface area (Å²) in [5.74, 6) is 3.11. The molecule has 0 N–H and O–H groups in total. The number of aromatic nitrogens is 2. The predicted octanol–water partition coefficient (Wildman–Crippen LogP) is 6.74. The van der Waals surface area contributed by atoms with Crippen LogP contribution in [0.5, 0.6) is 0 Å². The van der Waals surface area contributed by atoms with Crippen LogP contribution in [0.4, 0.5) is 0 Å². The second kappa shape index (κ2) is 9.30. The Morgan fingerprint density at radius 2 is 1.41 bits per heavy atom. The van der Waals surface area contributed by atoms with E-state index in [0.717, 1.165) is 16.5 Å². The highest BCUT2D eigenvalue weighted by Gasteiger charge is 2.61. The molecule has 0 bridgehead atoms. The average Bonchev–Trinajstić information content (AvgIpc) is 3.13. The van der Waals surface area contributed by atoms with Crippen LogP contribution in [0.15, 0.2) is 60.7 Å². The third-order valence-corrected chi connectivity index (χ3v) is 15.7. The van der Waals surface area contributed by atoms with E-state index >= 15 is 0 Å². The Bertz CT molecular complexity index is 1100. The van der Waals surface area contributed by atoms with E-state index in [9.17, 15) is 0 Å². The molecule has 2 aliphatic rings. The fourth-order valence-corrected chi connectivity index (χ4v) is 12.2. The Kier molecular flexibility index (Phi) is 6.83. The topological polar surface area (TPSA) is 27.1 Å².